The molecule has 1 aliphatic rings. The molecule has 1 aromatic rings. The summed E-state index contributed by atoms with van der Waals surface area (Å²) in [4.78, 5) is 12.7. The number of hydrogen-bond donors (Lipinski definition) is 1. The summed E-state index contributed by atoms with van der Waals surface area (Å²) < 4.78 is 32.5. The maximum atomic E-state index is 12.7. The standard InChI is InChI=1S/C16H28N4O4S/c1-6-20-15(7-13(18-20)11(2)3)16(21)17-14-9-24-8-12(14)10-25(22,23)19(4)5/h7,11-12,14H,6,8-10H2,1-5H3,(H,17,21)/t12-,14-/m0/s1. The number of nitrogens with zero attached hydrogens (tertiary/aromatic N) is 3. The summed E-state index contributed by atoms with van der Waals surface area (Å²) in [7, 11) is -0.339. The number of aromatic nitrogens is 2. The van der Waals surface area contributed by atoms with Crippen molar-refractivity contribution < 1.29 is 17.9 Å². The van der Waals surface area contributed by atoms with E-state index in [1.54, 1.807) is 10.7 Å². The second-order valence-corrected chi connectivity index (χ2v) is 9.09. The molecular formula is C16H28N4O4S. The lowest BCUT2D eigenvalue weighted by Crippen LogP contribution is -2.44. The van der Waals surface area contributed by atoms with Gasteiger partial charge >= 0.3 is 0 Å². The number of aryl methyl sites for hydroxylation is 1. The van der Waals surface area contributed by atoms with Crippen molar-refractivity contribution in [3.63, 3.8) is 0 Å². The Bertz CT molecular complexity index is 712. The van der Waals surface area contributed by atoms with Gasteiger partial charge in [-0.1, -0.05) is 13.8 Å². The SMILES string of the molecule is CCn1nc(C(C)C)cc1C(=O)N[C@H]1COC[C@H]1CS(=O)(=O)N(C)C. The maximum Gasteiger partial charge on any atom is 0.269 e. The average molecular weight is 372 g/mol. The third-order valence-corrected chi connectivity index (χ3v) is 6.38. The molecule has 0 aliphatic carbocycles. The molecule has 0 saturated carbocycles. The quantitative estimate of drug-likeness (QED) is 0.759. The predicted molar refractivity (Wildman–Crippen MR) is 95.0 cm³/mol. The summed E-state index contributed by atoms with van der Waals surface area (Å²) >= 11 is 0. The van der Waals surface area contributed by atoms with Gasteiger partial charge in [-0.15, -0.1) is 0 Å². The minimum Gasteiger partial charge on any atom is -0.379 e. The van der Waals surface area contributed by atoms with Crippen molar-refractivity contribution in [2.24, 2.45) is 5.92 Å². The summed E-state index contributed by atoms with van der Waals surface area (Å²) in [6.07, 6.45) is 0. The van der Waals surface area contributed by atoms with Crippen LogP contribution in [0.5, 0.6) is 0 Å². The smallest absolute Gasteiger partial charge is 0.269 e. The van der Waals surface area contributed by atoms with Gasteiger partial charge in [0.05, 0.1) is 30.7 Å². The highest BCUT2D eigenvalue weighted by Crippen LogP contribution is 2.19. The van der Waals surface area contributed by atoms with Crippen LogP contribution in [-0.2, 0) is 21.3 Å². The molecule has 2 rings (SSSR count). The van der Waals surface area contributed by atoms with Gasteiger partial charge in [-0.3, -0.25) is 9.48 Å². The van der Waals surface area contributed by atoms with E-state index in [2.05, 4.69) is 10.4 Å². The normalized spacial score (nSPS) is 21.2. The molecule has 0 unspecified atom stereocenters. The molecule has 0 radical (unpaired) electrons. The zero-order valence-corrected chi connectivity index (χ0v) is 16.3. The minimum atomic E-state index is -3.35. The Hall–Kier alpha value is -1.45. The Labute approximate surface area is 149 Å². The van der Waals surface area contributed by atoms with E-state index >= 15 is 0 Å². The van der Waals surface area contributed by atoms with Gasteiger partial charge in [0.2, 0.25) is 10.0 Å². The van der Waals surface area contributed by atoms with Gasteiger partial charge in [0.15, 0.2) is 0 Å². The molecule has 1 amide bonds. The van der Waals surface area contributed by atoms with Crippen LogP contribution in [0.2, 0.25) is 0 Å². The number of carbonyl (C=O) groups excluding carboxylic acids is 1. The first-order chi connectivity index (χ1) is 11.7. The van der Waals surface area contributed by atoms with Gasteiger partial charge in [0.1, 0.15) is 5.69 Å². The van der Waals surface area contributed by atoms with Crippen LogP contribution < -0.4 is 5.32 Å². The third-order valence-electron chi connectivity index (χ3n) is 4.42. The van der Waals surface area contributed by atoms with Crippen LogP contribution >= 0.6 is 0 Å². The Kier molecular flexibility index (Phi) is 6.23. The maximum absolute atomic E-state index is 12.7. The second-order valence-electron chi connectivity index (χ2n) is 6.86. The van der Waals surface area contributed by atoms with Crippen LogP contribution in [0.15, 0.2) is 6.07 Å². The van der Waals surface area contributed by atoms with Gasteiger partial charge in [0, 0.05) is 26.6 Å². The number of carbonyl (C=O) groups is 1. The van der Waals surface area contributed by atoms with E-state index in [-0.39, 0.29) is 29.5 Å². The third kappa shape index (κ3) is 4.59. The first kappa shape index (κ1) is 19.9. The van der Waals surface area contributed by atoms with Crippen molar-refractivity contribution in [2.75, 3.05) is 33.1 Å². The lowest BCUT2D eigenvalue weighted by Gasteiger charge is -2.21. The van der Waals surface area contributed by atoms with Crippen LogP contribution in [0.4, 0.5) is 0 Å². The lowest BCUT2D eigenvalue weighted by atomic mass is 10.1. The molecule has 1 N–H and O–H groups in total. The molecule has 1 aromatic heterocycles. The number of nitrogens with one attached hydrogen (secondary N) is 1. The number of hydrogen-bond acceptors (Lipinski definition) is 5. The van der Waals surface area contributed by atoms with E-state index < -0.39 is 10.0 Å². The summed E-state index contributed by atoms with van der Waals surface area (Å²) in [5.41, 5.74) is 1.36. The molecule has 0 spiro atoms. The fourth-order valence-electron chi connectivity index (χ4n) is 2.73. The van der Waals surface area contributed by atoms with E-state index in [1.807, 2.05) is 20.8 Å². The molecule has 0 aromatic carbocycles. The van der Waals surface area contributed by atoms with E-state index in [0.29, 0.717) is 25.5 Å². The predicted octanol–water partition coefficient (Wildman–Crippen LogP) is 0.663. The molecule has 1 fully saturated rings. The van der Waals surface area contributed by atoms with Crippen LogP contribution in [0.25, 0.3) is 0 Å². The molecule has 9 heteroatoms. The van der Waals surface area contributed by atoms with E-state index in [0.717, 1.165) is 5.69 Å². The van der Waals surface area contributed by atoms with Gasteiger partial charge < -0.3 is 10.1 Å². The van der Waals surface area contributed by atoms with Gasteiger partial charge in [-0.25, -0.2) is 12.7 Å². The summed E-state index contributed by atoms with van der Waals surface area (Å²) in [6.45, 7) is 7.21. The fraction of sp³-hybridized carbons (Fsp3) is 0.750. The molecule has 8 nitrogen and oxygen atoms in total. The minimum absolute atomic E-state index is 0.0464. The van der Waals surface area contributed by atoms with Gasteiger partial charge in [-0.05, 0) is 18.9 Å². The van der Waals surface area contributed by atoms with Crippen molar-refractivity contribution in [1.29, 1.82) is 0 Å². The zero-order valence-electron chi connectivity index (χ0n) is 15.5. The number of amides is 1. The summed E-state index contributed by atoms with van der Waals surface area (Å²) in [5.74, 6) is -0.329. The van der Waals surface area contributed by atoms with E-state index in [9.17, 15) is 13.2 Å². The molecule has 2 atom stereocenters. The molecule has 1 aliphatic heterocycles. The van der Waals surface area contributed by atoms with Crippen molar-refractivity contribution in [1.82, 2.24) is 19.4 Å². The first-order valence-corrected chi connectivity index (χ1v) is 10.1. The molecular weight excluding hydrogens is 344 g/mol. The first-order valence-electron chi connectivity index (χ1n) is 8.52. The van der Waals surface area contributed by atoms with E-state index in [4.69, 9.17) is 4.74 Å². The summed E-state index contributed by atoms with van der Waals surface area (Å²) in [5, 5.41) is 7.37. The highest BCUT2D eigenvalue weighted by atomic mass is 32.2. The molecule has 25 heavy (non-hydrogen) atoms. The zero-order chi connectivity index (χ0) is 18.8. The Morgan fingerprint density at radius 3 is 2.68 bits per heavy atom. The fourth-order valence-corrected chi connectivity index (χ4v) is 3.89. The highest BCUT2D eigenvalue weighted by Gasteiger charge is 2.34. The molecule has 1 saturated heterocycles. The van der Waals surface area contributed by atoms with Gasteiger partial charge in [0.25, 0.3) is 5.91 Å². The van der Waals surface area contributed by atoms with Crippen LogP contribution in [0.1, 0.15) is 42.9 Å². The molecule has 142 valence electrons. The van der Waals surface area contributed by atoms with Crippen LogP contribution in [0.3, 0.4) is 0 Å². The second kappa shape index (κ2) is 7.84. The topological polar surface area (TPSA) is 93.5 Å². The number of sulfonamides is 1. The van der Waals surface area contributed by atoms with Crippen molar-refractivity contribution in [2.45, 2.75) is 39.3 Å². The van der Waals surface area contributed by atoms with E-state index in [1.165, 1.54) is 18.4 Å². The Morgan fingerprint density at radius 1 is 1.44 bits per heavy atom. The lowest BCUT2D eigenvalue weighted by molar-refractivity contribution is 0.0915. The van der Waals surface area contributed by atoms with Crippen LogP contribution in [-0.4, -0.2) is 67.5 Å². The van der Waals surface area contributed by atoms with Crippen LogP contribution in [0, 0.1) is 5.92 Å². The number of ether oxygens (including phenoxy) is 1. The molecule has 0 bridgehead atoms. The van der Waals surface area contributed by atoms with Crippen molar-refractivity contribution >= 4 is 15.9 Å². The van der Waals surface area contributed by atoms with Gasteiger partial charge in [-0.2, -0.15) is 5.10 Å². The van der Waals surface area contributed by atoms with Crippen molar-refractivity contribution in [3.05, 3.63) is 17.5 Å². The molecule has 2 heterocycles. The van der Waals surface area contributed by atoms with Crippen molar-refractivity contribution in [3.8, 4) is 0 Å². The number of rotatable bonds is 7. The highest BCUT2D eigenvalue weighted by molar-refractivity contribution is 7.89. The largest absolute Gasteiger partial charge is 0.379 e. The Morgan fingerprint density at radius 2 is 2.12 bits per heavy atom. The Balaban J connectivity index is 2.12. The monoisotopic (exact) mass is 372 g/mol. The average Bonchev–Trinajstić information content (AvgIpc) is 3.13. The summed E-state index contributed by atoms with van der Waals surface area (Å²) in [6, 6.07) is 1.47.